The predicted molar refractivity (Wildman–Crippen MR) is 73.9 cm³/mol. The third-order valence-corrected chi connectivity index (χ3v) is 3.31. The highest BCUT2D eigenvalue weighted by Gasteiger charge is 2.19. The van der Waals surface area contributed by atoms with Crippen molar-refractivity contribution in [2.45, 2.75) is 19.5 Å². The zero-order chi connectivity index (χ0) is 13.2. The maximum atomic E-state index is 5.93. The van der Waals surface area contributed by atoms with Gasteiger partial charge >= 0.3 is 0 Å². The lowest BCUT2D eigenvalue weighted by atomic mass is 10.2. The second kappa shape index (κ2) is 5.04. The fourth-order valence-corrected chi connectivity index (χ4v) is 2.36. The quantitative estimate of drug-likeness (QED) is 0.746. The summed E-state index contributed by atoms with van der Waals surface area (Å²) in [5.74, 6) is 7.81. The van der Waals surface area contributed by atoms with Gasteiger partial charge in [-0.25, -0.2) is 0 Å². The minimum Gasteiger partial charge on any atom is -0.308 e. The van der Waals surface area contributed by atoms with Crippen LogP contribution < -0.4 is 5.32 Å². The van der Waals surface area contributed by atoms with Crippen LogP contribution >= 0.6 is 11.6 Å². The minimum absolute atomic E-state index is 0.322. The van der Waals surface area contributed by atoms with Crippen molar-refractivity contribution in [3.05, 3.63) is 46.5 Å². The zero-order valence-electron chi connectivity index (χ0n) is 10.5. The number of hydrogen-bond donors (Lipinski definition) is 1. The molecule has 1 unspecified atom stereocenters. The number of nitrogens with zero attached hydrogens (tertiary/aromatic N) is 3. The molecule has 1 aliphatic rings. The van der Waals surface area contributed by atoms with E-state index in [2.05, 4.69) is 38.8 Å². The standard InChI is InChI=1S/C14H13ClN4/c1-10-8-16-9-14-18-17-13(19(10)14)6-5-11-3-2-4-12(15)7-11/h2-4,7,10,16H,8-9H2,1H3. The lowest BCUT2D eigenvalue weighted by Gasteiger charge is -2.22. The normalized spacial score (nSPS) is 17.5. The summed E-state index contributed by atoms with van der Waals surface area (Å²) < 4.78 is 2.09. The average Bonchev–Trinajstić information content (AvgIpc) is 2.81. The molecule has 4 nitrogen and oxygen atoms in total. The van der Waals surface area contributed by atoms with E-state index in [1.54, 1.807) is 0 Å². The lowest BCUT2D eigenvalue weighted by molar-refractivity contribution is 0.419. The molecule has 0 spiro atoms. The second-order valence-electron chi connectivity index (χ2n) is 4.55. The molecule has 5 heteroatoms. The fourth-order valence-electron chi connectivity index (χ4n) is 2.17. The van der Waals surface area contributed by atoms with Crippen LogP contribution in [0.15, 0.2) is 24.3 Å². The second-order valence-corrected chi connectivity index (χ2v) is 4.99. The molecule has 0 saturated carbocycles. The minimum atomic E-state index is 0.322. The Balaban J connectivity index is 1.95. The van der Waals surface area contributed by atoms with Crippen molar-refractivity contribution in [3.63, 3.8) is 0 Å². The van der Waals surface area contributed by atoms with E-state index in [1.807, 2.05) is 24.3 Å². The Hall–Kier alpha value is -1.83. The molecule has 0 bridgehead atoms. The molecule has 1 aromatic heterocycles. The molecule has 2 heterocycles. The molecule has 1 N–H and O–H groups in total. The van der Waals surface area contributed by atoms with Crippen molar-refractivity contribution in [2.75, 3.05) is 6.54 Å². The van der Waals surface area contributed by atoms with Crippen LogP contribution in [0.4, 0.5) is 0 Å². The van der Waals surface area contributed by atoms with Crippen LogP contribution in [-0.2, 0) is 6.54 Å². The summed E-state index contributed by atoms with van der Waals surface area (Å²) in [5, 5.41) is 12.3. The maximum absolute atomic E-state index is 5.93. The summed E-state index contributed by atoms with van der Waals surface area (Å²) in [4.78, 5) is 0. The Morgan fingerprint density at radius 1 is 1.37 bits per heavy atom. The summed E-state index contributed by atoms with van der Waals surface area (Å²) in [6.07, 6.45) is 0. The van der Waals surface area contributed by atoms with Crippen molar-refractivity contribution < 1.29 is 0 Å². The van der Waals surface area contributed by atoms with Crippen LogP contribution in [0.2, 0.25) is 5.02 Å². The third-order valence-electron chi connectivity index (χ3n) is 3.07. The van der Waals surface area contributed by atoms with Gasteiger partial charge < -0.3 is 5.32 Å². The first-order chi connectivity index (χ1) is 9.24. The molecule has 0 amide bonds. The van der Waals surface area contributed by atoms with Crippen LogP contribution in [-0.4, -0.2) is 21.3 Å². The van der Waals surface area contributed by atoms with Gasteiger partial charge in [0.2, 0.25) is 5.82 Å². The summed E-state index contributed by atoms with van der Waals surface area (Å²) in [5.41, 5.74) is 0.881. The van der Waals surface area contributed by atoms with Gasteiger partial charge in [-0.3, -0.25) is 4.57 Å². The van der Waals surface area contributed by atoms with Crippen LogP contribution in [0.5, 0.6) is 0 Å². The van der Waals surface area contributed by atoms with Crippen molar-refractivity contribution in [1.29, 1.82) is 0 Å². The number of nitrogens with one attached hydrogen (secondary N) is 1. The maximum Gasteiger partial charge on any atom is 0.208 e. The number of benzene rings is 1. The van der Waals surface area contributed by atoms with E-state index in [0.717, 1.165) is 24.5 Å². The van der Waals surface area contributed by atoms with E-state index < -0.39 is 0 Å². The van der Waals surface area contributed by atoms with Gasteiger partial charge in [0.1, 0.15) is 5.82 Å². The smallest absolute Gasteiger partial charge is 0.208 e. The van der Waals surface area contributed by atoms with Crippen molar-refractivity contribution in [3.8, 4) is 11.8 Å². The van der Waals surface area contributed by atoms with Crippen LogP contribution in [0, 0.1) is 11.8 Å². The van der Waals surface area contributed by atoms with Gasteiger partial charge in [-0.05, 0) is 31.0 Å². The van der Waals surface area contributed by atoms with Gasteiger partial charge in [-0.15, -0.1) is 10.2 Å². The number of rotatable bonds is 0. The Kier molecular flexibility index (Phi) is 3.24. The average molecular weight is 273 g/mol. The first-order valence-corrected chi connectivity index (χ1v) is 6.54. The molecule has 0 saturated heterocycles. The number of halogens is 1. The van der Waals surface area contributed by atoms with E-state index in [9.17, 15) is 0 Å². The molecule has 19 heavy (non-hydrogen) atoms. The van der Waals surface area contributed by atoms with E-state index in [1.165, 1.54) is 0 Å². The van der Waals surface area contributed by atoms with Crippen LogP contribution in [0.25, 0.3) is 0 Å². The number of fused-ring (bicyclic) bond motifs is 1. The molecular weight excluding hydrogens is 260 g/mol. The van der Waals surface area contributed by atoms with Gasteiger partial charge in [0.15, 0.2) is 0 Å². The number of hydrogen-bond acceptors (Lipinski definition) is 3. The van der Waals surface area contributed by atoms with E-state index in [4.69, 9.17) is 11.6 Å². The topological polar surface area (TPSA) is 42.7 Å². The largest absolute Gasteiger partial charge is 0.308 e. The molecular formula is C14H13ClN4. The van der Waals surface area contributed by atoms with Gasteiger partial charge in [0.05, 0.1) is 6.54 Å². The van der Waals surface area contributed by atoms with Crippen LogP contribution in [0.1, 0.15) is 30.2 Å². The van der Waals surface area contributed by atoms with Gasteiger partial charge in [0.25, 0.3) is 0 Å². The molecule has 2 aromatic rings. The highest BCUT2D eigenvalue weighted by molar-refractivity contribution is 6.30. The number of aromatic nitrogens is 3. The van der Waals surface area contributed by atoms with E-state index in [0.29, 0.717) is 16.9 Å². The Labute approximate surface area is 116 Å². The first-order valence-electron chi connectivity index (χ1n) is 6.16. The molecule has 0 aliphatic carbocycles. The van der Waals surface area contributed by atoms with Crippen LogP contribution in [0.3, 0.4) is 0 Å². The molecule has 1 aliphatic heterocycles. The van der Waals surface area contributed by atoms with Crippen molar-refractivity contribution in [1.82, 2.24) is 20.1 Å². The van der Waals surface area contributed by atoms with Crippen molar-refractivity contribution >= 4 is 11.6 Å². The Morgan fingerprint density at radius 2 is 2.26 bits per heavy atom. The Morgan fingerprint density at radius 3 is 3.11 bits per heavy atom. The van der Waals surface area contributed by atoms with Gasteiger partial charge in [-0.1, -0.05) is 23.6 Å². The summed E-state index contributed by atoms with van der Waals surface area (Å²) in [6, 6.07) is 7.81. The summed E-state index contributed by atoms with van der Waals surface area (Å²) >= 11 is 5.93. The molecule has 1 atom stereocenters. The molecule has 1 aromatic carbocycles. The molecule has 0 fully saturated rings. The lowest BCUT2D eigenvalue weighted by Crippen LogP contribution is -2.32. The van der Waals surface area contributed by atoms with Crippen molar-refractivity contribution in [2.24, 2.45) is 0 Å². The predicted octanol–water partition coefficient (Wildman–Crippen LogP) is 2.00. The summed E-state index contributed by atoms with van der Waals surface area (Å²) in [6.45, 7) is 3.79. The van der Waals surface area contributed by atoms with Gasteiger partial charge in [0, 0.05) is 23.2 Å². The highest BCUT2D eigenvalue weighted by atomic mass is 35.5. The fraction of sp³-hybridized carbons (Fsp3) is 0.286. The van der Waals surface area contributed by atoms with Gasteiger partial charge in [-0.2, -0.15) is 0 Å². The first kappa shape index (κ1) is 12.2. The summed E-state index contributed by atoms with van der Waals surface area (Å²) in [7, 11) is 0. The zero-order valence-corrected chi connectivity index (χ0v) is 11.3. The Bertz CT molecular complexity index is 666. The highest BCUT2D eigenvalue weighted by Crippen LogP contribution is 2.15. The SMILES string of the molecule is CC1CNCc2nnc(C#Cc3cccc(Cl)c3)n21. The monoisotopic (exact) mass is 272 g/mol. The molecule has 3 rings (SSSR count). The van der Waals surface area contributed by atoms with E-state index in [-0.39, 0.29) is 0 Å². The third kappa shape index (κ3) is 2.48. The molecule has 96 valence electrons. The van der Waals surface area contributed by atoms with E-state index >= 15 is 0 Å². The molecule has 0 radical (unpaired) electrons.